The van der Waals surface area contributed by atoms with Crippen molar-refractivity contribution in [2.75, 3.05) is 0 Å². The Morgan fingerprint density at radius 3 is 2.62 bits per heavy atom. The van der Waals surface area contributed by atoms with E-state index in [9.17, 15) is 4.79 Å². The van der Waals surface area contributed by atoms with Crippen LogP contribution < -0.4 is 9.47 Å². The third-order valence-electron chi connectivity index (χ3n) is 3.88. The highest BCUT2D eigenvalue weighted by atomic mass is 35.5. The molecule has 0 spiro atoms. The van der Waals surface area contributed by atoms with E-state index >= 15 is 0 Å². The molecule has 2 aromatic carbocycles. The van der Waals surface area contributed by atoms with Crippen molar-refractivity contribution >= 4 is 17.6 Å². The largest absolute Gasteiger partial charge is 0.484 e. The summed E-state index contributed by atoms with van der Waals surface area (Å²) in [5, 5.41) is 8.39. The zero-order valence-corrected chi connectivity index (χ0v) is 16.0. The van der Waals surface area contributed by atoms with Crippen LogP contribution in [0.2, 0.25) is 5.02 Å². The fourth-order valence-electron chi connectivity index (χ4n) is 2.51. The molecule has 0 aliphatic carbocycles. The number of aromatic nitrogens is 4. The van der Waals surface area contributed by atoms with Crippen LogP contribution in [0.25, 0.3) is 5.69 Å². The van der Waals surface area contributed by atoms with Crippen LogP contribution in [0.1, 0.15) is 22.1 Å². The number of rotatable bonds is 6. The Kier molecular flexibility index (Phi) is 5.26. The molecule has 146 valence electrons. The van der Waals surface area contributed by atoms with Crippen molar-refractivity contribution < 1.29 is 18.8 Å². The number of para-hydroxylation sites is 1. The van der Waals surface area contributed by atoms with Crippen LogP contribution in [0.4, 0.5) is 0 Å². The molecule has 29 heavy (non-hydrogen) atoms. The fraction of sp³-hybridized carbons (Fsp3) is 0.100. The molecule has 9 heteroatoms. The molecule has 0 radical (unpaired) electrons. The lowest BCUT2D eigenvalue weighted by Gasteiger charge is -2.06. The molecule has 2 aromatic heterocycles. The SMILES string of the molecule is Cc1noc(COc2ccc(OC(=O)c3cnn(-c4ccccc4Cl)c3)cc2)n1. The van der Waals surface area contributed by atoms with Gasteiger partial charge in [0.25, 0.3) is 5.89 Å². The maximum Gasteiger partial charge on any atom is 0.346 e. The van der Waals surface area contributed by atoms with Crippen molar-refractivity contribution in [1.29, 1.82) is 0 Å². The zero-order chi connectivity index (χ0) is 20.2. The first-order valence-electron chi connectivity index (χ1n) is 8.62. The van der Waals surface area contributed by atoms with Gasteiger partial charge in [-0.05, 0) is 43.3 Å². The van der Waals surface area contributed by atoms with Crippen LogP contribution >= 0.6 is 11.6 Å². The minimum absolute atomic E-state index is 0.154. The molecule has 0 saturated carbocycles. The van der Waals surface area contributed by atoms with Gasteiger partial charge in [-0.3, -0.25) is 0 Å². The first-order chi connectivity index (χ1) is 14.1. The van der Waals surface area contributed by atoms with E-state index in [1.807, 2.05) is 12.1 Å². The molecule has 4 aromatic rings. The lowest BCUT2D eigenvalue weighted by atomic mass is 10.3. The summed E-state index contributed by atoms with van der Waals surface area (Å²) in [6.45, 7) is 1.88. The molecule has 0 bridgehead atoms. The van der Waals surface area contributed by atoms with Crippen molar-refractivity contribution in [2.45, 2.75) is 13.5 Å². The van der Waals surface area contributed by atoms with E-state index in [0.29, 0.717) is 39.5 Å². The predicted octanol–water partition coefficient (Wildman–Crippen LogP) is 4.02. The van der Waals surface area contributed by atoms with Crippen molar-refractivity contribution in [3.8, 4) is 17.2 Å². The number of benzene rings is 2. The Morgan fingerprint density at radius 1 is 1.14 bits per heavy atom. The monoisotopic (exact) mass is 410 g/mol. The number of halogens is 1. The average molecular weight is 411 g/mol. The Morgan fingerprint density at radius 2 is 1.90 bits per heavy atom. The molecular weight excluding hydrogens is 396 g/mol. The summed E-state index contributed by atoms with van der Waals surface area (Å²) in [6, 6.07) is 13.8. The highest BCUT2D eigenvalue weighted by Crippen LogP contribution is 2.21. The first-order valence-corrected chi connectivity index (χ1v) is 9.00. The van der Waals surface area contributed by atoms with Crippen molar-refractivity contribution in [2.24, 2.45) is 0 Å². The molecule has 0 fully saturated rings. The lowest BCUT2D eigenvalue weighted by molar-refractivity contribution is 0.0734. The van der Waals surface area contributed by atoms with E-state index < -0.39 is 5.97 Å². The maximum absolute atomic E-state index is 12.4. The third kappa shape index (κ3) is 4.44. The minimum Gasteiger partial charge on any atom is -0.484 e. The Labute approximate surface area is 170 Å². The minimum atomic E-state index is -0.529. The quantitative estimate of drug-likeness (QED) is 0.350. The summed E-state index contributed by atoms with van der Waals surface area (Å²) in [6.07, 6.45) is 2.99. The van der Waals surface area contributed by atoms with Crippen LogP contribution in [0.5, 0.6) is 11.5 Å². The van der Waals surface area contributed by atoms with E-state index in [2.05, 4.69) is 15.2 Å². The summed E-state index contributed by atoms with van der Waals surface area (Å²) in [5.74, 6) is 1.35. The van der Waals surface area contributed by atoms with E-state index in [4.69, 9.17) is 25.6 Å². The van der Waals surface area contributed by atoms with Crippen molar-refractivity contribution in [1.82, 2.24) is 19.9 Å². The summed E-state index contributed by atoms with van der Waals surface area (Å²) in [7, 11) is 0. The number of hydrogen-bond acceptors (Lipinski definition) is 7. The number of ether oxygens (including phenoxy) is 2. The standard InChI is InChI=1S/C20H15ClN4O4/c1-13-23-19(29-24-13)12-27-15-6-8-16(9-7-15)28-20(26)14-10-22-25(11-14)18-5-3-2-4-17(18)21/h2-11H,12H2,1H3. The van der Waals surface area contributed by atoms with Gasteiger partial charge in [-0.15, -0.1) is 0 Å². The highest BCUT2D eigenvalue weighted by Gasteiger charge is 2.13. The molecule has 4 rings (SSSR count). The molecule has 8 nitrogen and oxygen atoms in total. The smallest absolute Gasteiger partial charge is 0.346 e. The van der Waals surface area contributed by atoms with Crippen LogP contribution in [-0.4, -0.2) is 25.9 Å². The van der Waals surface area contributed by atoms with Crippen LogP contribution in [-0.2, 0) is 6.61 Å². The number of esters is 1. The molecular formula is C20H15ClN4O4. The van der Waals surface area contributed by atoms with E-state index in [1.165, 1.54) is 10.9 Å². The molecule has 0 atom stereocenters. The highest BCUT2D eigenvalue weighted by molar-refractivity contribution is 6.32. The number of nitrogens with zero attached hydrogens (tertiary/aromatic N) is 4. The third-order valence-corrected chi connectivity index (χ3v) is 4.20. The summed E-state index contributed by atoms with van der Waals surface area (Å²) in [4.78, 5) is 16.4. The number of carbonyl (C=O) groups is 1. The van der Waals surface area contributed by atoms with Gasteiger partial charge in [-0.25, -0.2) is 9.48 Å². The lowest BCUT2D eigenvalue weighted by Crippen LogP contribution is -2.07. The predicted molar refractivity (Wildman–Crippen MR) is 103 cm³/mol. The van der Waals surface area contributed by atoms with Gasteiger partial charge in [0.2, 0.25) is 0 Å². The number of carbonyl (C=O) groups excluding carboxylic acids is 1. The van der Waals surface area contributed by atoms with Crippen molar-refractivity contribution in [3.05, 3.63) is 83.2 Å². The van der Waals surface area contributed by atoms with Crippen LogP contribution in [0.3, 0.4) is 0 Å². The van der Waals surface area contributed by atoms with Gasteiger partial charge in [0.05, 0.1) is 22.5 Å². The van der Waals surface area contributed by atoms with Gasteiger partial charge in [-0.1, -0.05) is 28.9 Å². The molecule has 0 saturated heterocycles. The van der Waals surface area contributed by atoms with E-state index in [-0.39, 0.29) is 6.61 Å². The second kappa shape index (κ2) is 8.15. The first kappa shape index (κ1) is 18.7. The molecule has 0 amide bonds. The van der Waals surface area contributed by atoms with Gasteiger partial charge in [0.15, 0.2) is 12.4 Å². The van der Waals surface area contributed by atoms with Gasteiger partial charge in [0.1, 0.15) is 11.5 Å². The summed E-state index contributed by atoms with van der Waals surface area (Å²) >= 11 is 6.16. The van der Waals surface area contributed by atoms with E-state index in [0.717, 1.165) is 0 Å². The summed E-state index contributed by atoms with van der Waals surface area (Å²) < 4.78 is 17.4. The van der Waals surface area contributed by atoms with E-state index in [1.54, 1.807) is 49.5 Å². The normalized spacial score (nSPS) is 10.7. The molecule has 0 N–H and O–H groups in total. The molecule has 0 unspecified atom stereocenters. The second-order valence-corrected chi connectivity index (χ2v) is 6.42. The molecule has 0 aliphatic rings. The fourth-order valence-corrected chi connectivity index (χ4v) is 2.73. The number of aryl methyl sites for hydroxylation is 1. The zero-order valence-electron chi connectivity index (χ0n) is 15.3. The van der Waals surface area contributed by atoms with Gasteiger partial charge < -0.3 is 14.0 Å². The summed E-state index contributed by atoms with van der Waals surface area (Å²) in [5.41, 5.74) is 0.975. The van der Waals surface area contributed by atoms with Gasteiger partial charge >= 0.3 is 5.97 Å². The molecule has 0 aliphatic heterocycles. The van der Waals surface area contributed by atoms with Gasteiger partial charge in [-0.2, -0.15) is 10.1 Å². The molecule has 2 heterocycles. The topological polar surface area (TPSA) is 92.3 Å². The van der Waals surface area contributed by atoms with Crippen molar-refractivity contribution in [3.63, 3.8) is 0 Å². The number of hydrogen-bond donors (Lipinski definition) is 0. The Hall–Kier alpha value is -3.65. The van der Waals surface area contributed by atoms with Gasteiger partial charge in [0, 0.05) is 6.20 Å². The Balaban J connectivity index is 1.38. The second-order valence-electron chi connectivity index (χ2n) is 6.01. The van der Waals surface area contributed by atoms with Crippen LogP contribution in [0.15, 0.2) is 65.4 Å². The van der Waals surface area contributed by atoms with Crippen LogP contribution in [0, 0.1) is 6.92 Å². The maximum atomic E-state index is 12.4. The Bertz CT molecular complexity index is 1140. The average Bonchev–Trinajstić information content (AvgIpc) is 3.37.